The molecule has 31 heavy (non-hydrogen) atoms. The third-order valence-electron chi connectivity index (χ3n) is 6.99. The molecule has 1 saturated carbocycles. The van der Waals surface area contributed by atoms with Gasteiger partial charge in [0.25, 0.3) is 5.91 Å². The topological polar surface area (TPSA) is 82.2 Å². The van der Waals surface area contributed by atoms with E-state index < -0.39 is 0 Å². The van der Waals surface area contributed by atoms with Crippen LogP contribution in [0.5, 0.6) is 0 Å². The standard InChI is InChI=1S/C24H32N6O/c1-15-3-4-17(9-16(15)2)11-26-22-21(23(31)28-20-5-7-25-8-6-20)12-27-24(29-22)30-13-18-10-19(18)14-30/h3-4,9,12,18-20,25H,5-8,10-11,13-14H2,1-2H3,(H,28,31)(H,26,27,29). The largest absolute Gasteiger partial charge is 0.365 e. The minimum absolute atomic E-state index is 0.0923. The Hall–Kier alpha value is -2.67. The molecule has 3 heterocycles. The van der Waals surface area contributed by atoms with Gasteiger partial charge in [-0.05, 0) is 74.7 Å². The smallest absolute Gasteiger partial charge is 0.256 e. The van der Waals surface area contributed by atoms with E-state index in [1.165, 1.54) is 23.1 Å². The summed E-state index contributed by atoms with van der Waals surface area (Å²) in [7, 11) is 0. The van der Waals surface area contributed by atoms with E-state index in [2.05, 4.69) is 57.9 Å². The summed E-state index contributed by atoms with van der Waals surface area (Å²) in [4.78, 5) is 24.7. The monoisotopic (exact) mass is 420 g/mol. The molecule has 2 saturated heterocycles. The predicted octanol–water partition coefficient (Wildman–Crippen LogP) is 2.64. The molecule has 2 unspecified atom stereocenters. The van der Waals surface area contributed by atoms with E-state index in [-0.39, 0.29) is 11.9 Å². The van der Waals surface area contributed by atoms with Gasteiger partial charge in [-0.3, -0.25) is 4.79 Å². The Bertz CT molecular complexity index is 961. The van der Waals surface area contributed by atoms with Crippen molar-refractivity contribution in [2.24, 2.45) is 11.8 Å². The van der Waals surface area contributed by atoms with Crippen LogP contribution in [0.4, 0.5) is 11.8 Å². The molecular formula is C24H32N6O. The van der Waals surface area contributed by atoms with Crippen molar-refractivity contribution in [3.05, 3.63) is 46.6 Å². The zero-order valence-electron chi connectivity index (χ0n) is 18.4. The molecule has 1 aromatic heterocycles. The van der Waals surface area contributed by atoms with Crippen molar-refractivity contribution in [2.75, 3.05) is 36.4 Å². The highest BCUT2D eigenvalue weighted by molar-refractivity contribution is 5.98. The van der Waals surface area contributed by atoms with Crippen LogP contribution in [0.3, 0.4) is 0 Å². The molecule has 3 N–H and O–H groups in total. The molecular weight excluding hydrogens is 388 g/mol. The lowest BCUT2D eigenvalue weighted by Gasteiger charge is -2.24. The third-order valence-corrected chi connectivity index (χ3v) is 6.99. The zero-order chi connectivity index (χ0) is 21.4. The zero-order valence-corrected chi connectivity index (χ0v) is 18.4. The molecule has 1 aromatic carbocycles. The number of benzene rings is 1. The first-order valence-corrected chi connectivity index (χ1v) is 11.5. The lowest BCUT2D eigenvalue weighted by Crippen LogP contribution is -2.43. The molecule has 2 atom stereocenters. The average molecular weight is 421 g/mol. The number of anilines is 2. The summed E-state index contributed by atoms with van der Waals surface area (Å²) in [5.74, 6) is 2.87. The van der Waals surface area contributed by atoms with Crippen molar-refractivity contribution in [3.8, 4) is 0 Å². The van der Waals surface area contributed by atoms with Crippen molar-refractivity contribution in [1.29, 1.82) is 0 Å². The van der Waals surface area contributed by atoms with Crippen LogP contribution < -0.4 is 20.9 Å². The van der Waals surface area contributed by atoms with Crippen molar-refractivity contribution < 1.29 is 4.79 Å². The number of hydrogen-bond donors (Lipinski definition) is 3. The summed E-state index contributed by atoms with van der Waals surface area (Å²) in [5.41, 5.74) is 4.25. The lowest BCUT2D eigenvalue weighted by molar-refractivity contribution is 0.0929. The molecule has 2 aromatic rings. The maximum atomic E-state index is 13.1. The Kier molecular flexibility index (Phi) is 5.52. The number of carbonyl (C=O) groups is 1. The molecule has 5 rings (SSSR count). The minimum Gasteiger partial charge on any atom is -0.365 e. The molecule has 2 aliphatic heterocycles. The molecule has 164 valence electrons. The van der Waals surface area contributed by atoms with Gasteiger partial charge in [0, 0.05) is 31.9 Å². The molecule has 7 nitrogen and oxygen atoms in total. The first-order valence-electron chi connectivity index (χ1n) is 11.5. The first-order chi connectivity index (χ1) is 15.1. The van der Waals surface area contributed by atoms with Crippen LogP contribution in [0.1, 0.15) is 46.3 Å². The minimum atomic E-state index is -0.0923. The van der Waals surface area contributed by atoms with Crippen LogP contribution in [-0.2, 0) is 6.54 Å². The van der Waals surface area contributed by atoms with Gasteiger partial charge in [0.05, 0.1) is 0 Å². The third kappa shape index (κ3) is 4.51. The van der Waals surface area contributed by atoms with Gasteiger partial charge in [0.2, 0.25) is 5.95 Å². The van der Waals surface area contributed by atoms with Crippen LogP contribution in [0.25, 0.3) is 0 Å². The highest BCUT2D eigenvalue weighted by atomic mass is 16.1. The number of amides is 1. The molecule has 1 aliphatic carbocycles. The molecule has 0 bridgehead atoms. The summed E-state index contributed by atoms with van der Waals surface area (Å²) in [6.45, 7) is 8.80. The van der Waals surface area contributed by atoms with E-state index in [0.717, 1.165) is 56.8 Å². The van der Waals surface area contributed by atoms with Crippen molar-refractivity contribution in [2.45, 2.75) is 45.7 Å². The Balaban J connectivity index is 1.36. The number of fused-ring (bicyclic) bond motifs is 1. The van der Waals surface area contributed by atoms with Gasteiger partial charge in [0.15, 0.2) is 0 Å². The van der Waals surface area contributed by atoms with Gasteiger partial charge in [-0.2, -0.15) is 4.98 Å². The van der Waals surface area contributed by atoms with Gasteiger partial charge in [-0.25, -0.2) is 4.98 Å². The predicted molar refractivity (Wildman–Crippen MR) is 122 cm³/mol. The number of nitrogens with zero attached hydrogens (tertiary/aromatic N) is 3. The number of nitrogens with one attached hydrogen (secondary N) is 3. The van der Waals surface area contributed by atoms with Gasteiger partial charge < -0.3 is 20.9 Å². The van der Waals surface area contributed by atoms with Crippen LogP contribution >= 0.6 is 0 Å². The van der Waals surface area contributed by atoms with Crippen LogP contribution in [-0.4, -0.2) is 48.1 Å². The van der Waals surface area contributed by atoms with Gasteiger partial charge >= 0.3 is 0 Å². The van der Waals surface area contributed by atoms with Gasteiger partial charge in [-0.1, -0.05) is 18.2 Å². The summed E-state index contributed by atoms with van der Waals surface area (Å²) in [6, 6.07) is 6.65. The van der Waals surface area contributed by atoms with Crippen LogP contribution in [0.15, 0.2) is 24.4 Å². The summed E-state index contributed by atoms with van der Waals surface area (Å²) in [5, 5.41) is 9.95. The second-order valence-electron chi connectivity index (χ2n) is 9.36. The van der Waals surface area contributed by atoms with E-state index in [0.29, 0.717) is 17.9 Å². The number of aryl methyl sites for hydroxylation is 2. The van der Waals surface area contributed by atoms with Crippen LogP contribution in [0.2, 0.25) is 0 Å². The highest BCUT2D eigenvalue weighted by Crippen LogP contribution is 2.45. The average Bonchev–Trinajstić information content (AvgIpc) is 3.39. The van der Waals surface area contributed by atoms with Gasteiger partial charge in [0.1, 0.15) is 11.4 Å². The lowest BCUT2D eigenvalue weighted by atomic mass is 10.1. The molecule has 7 heteroatoms. The maximum absolute atomic E-state index is 13.1. The number of hydrogen-bond acceptors (Lipinski definition) is 6. The second kappa shape index (κ2) is 8.46. The van der Waals surface area contributed by atoms with Gasteiger partial charge in [-0.15, -0.1) is 0 Å². The second-order valence-corrected chi connectivity index (χ2v) is 9.36. The molecule has 3 aliphatic rings. The Morgan fingerprint density at radius 3 is 2.68 bits per heavy atom. The van der Waals surface area contributed by atoms with E-state index in [4.69, 9.17) is 4.98 Å². The van der Waals surface area contributed by atoms with Crippen molar-refractivity contribution in [1.82, 2.24) is 20.6 Å². The fourth-order valence-electron chi connectivity index (χ4n) is 4.72. The molecule has 3 fully saturated rings. The van der Waals surface area contributed by atoms with Crippen LogP contribution in [0, 0.1) is 25.7 Å². The van der Waals surface area contributed by atoms with E-state index in [1.807, 2.05) is 0 Å². The first kappa shape index (κ1) is 20.2. The van der Waals surface area contributed by atoms with Crippen molar-refractivity contribution >= 4 is 17.7 Å². The number of carbonyl (C=O) groups excluding carboxylic acids is 1. The maximum Gasteiger partial charge on any atom is 0.256 e. The Morgan fingerprint density at radius 1 is 1.16 bits per heavy atom. The fraction of sp³-hybridized carbons (Fsp3) is 0.542. The molecule has 1 amide bonds. The Morgan fingerprint density at radius 2 is 1.94 bits per heavy atom. The molecule has 0 radical (unpaired) electrons. The fourth-order valence-corrected chi connectivity index (χ4v) is 4.72. The summed E-state index contributed by atoms with van der Waals surface area (Å²) in [6.07, 6.45) is 4.94. The quantitative estimate of drug-likeness (QED) is 0.667. The van der Waals surface area contributed by atoms with Crippen molar-refractivity contribution in [3.63, 3.8) is 0 Å². The molecule has 0 spiro atoms. The SMILES string of the molecule is Cc1ccc(CNc2nc(N3CC4CC4C3)ncc2C(=O)NC2CCNCC2)cc1C. The summed E-state index contributed by atoms with van der Waals surface area (Å²) < 4.78 is 0. The normalized spacial score (nSPS) is 22.8. The Labute approximate surface area is 184 Å². The number of rotatable bonds is 6. The summed E-state index contributed by atoms with van der Waals surface area (Å²) >= 11 is 0. The van der Waals surface area contributed by atoms with E-state index >= 15 is 0 Å². The number of piperidine rings is 2. The van der Waals surface area contributed by atoms with E-state index in [1.54, 1.807) is 6.20 Å². The number of aromatic nitrogens is 2. The highest BCUT2D eigenvalue weighted by Gasteiger charge is 2.46. The van der Waals surface area contributed by atoms with E-state index in [9.17, 15) is 4.79 Å².